The summed E-state index contributed by atoms with van der Waals surface area (Å²) in [6, 6.07) is 23.5. The molecule has 2 saturated heterocycles. The zero-order valence-corrected chi connectivity index (χ0v) is 43.2. The molecule has 0 aromatic heterocycles. The van der Waals surface area contributed by atoms with Crippen molar-refractivity contribution in [3.8, 4) is 0 Å². The third-order valence-electron chi connectivity index (χ3n) is 15.8. The second-order valence-corrected chi connectivity index (χ2v) is 23.2. The van der Waals surface area contributed by atoms with Gasteiger partial charge in [0, 0.05) is 47.7 Å². The van der Waals surface area contributed by atoms with Gasteiger partial charge < -0.3 is 44.0 Å². The second-order valence-electron chi connectivity index (χ2n) is 20.5. The molecule has 72 heavy (non-hydrogen) atoms. The molecule has 3 N–H and O–H groups in total. The number of rotatable bonds is 16. The van der Waals surface area contributed by atoms with Gasteiger partial charge >= 0.3 is 24.1 Å². The van der Waals surface area contributed by atoms with Crippen LogP contribution in [0.1, 0.15) is 119 Å². The molecular formula is C55H65NO14S2. The van der Waals surface area contributed by atoms with E-state index in [1.165, 1.54) is 25.5 Å². The summed E-state index contributed by atoms with van der Waals surface area (Å²) in [5.74, 6) is -5.10. The molecule has 3 aromatic rings. The highest BCUT2D eigenvalue weighted by Gasteiger charge is 2.77. The van der Waals surface area contributed by atoms with Crippen molar-refractivity contribution in [3.05, 3.63) is 119 Å². The number of amides is 1. The van der Waals surface area contributed by atoms with Crippen LogP contribution in [0.2, 0.25) is 0 Å². The molecular weight excluding hydrogens is 963 g/mol. The highest BCUT2D eigenvalue weighted by Crippen LogP contribution is 2.65. The number of aliphatic hydroxyl groups excluding tert-OH is 1. The number of fused-ring (bicyclic) bond motifs is 5. The Hall–Kier alpha value is -5.20. The van der Waals surface area contributed by atoms with Crippen LogP contribution in [0.5, 0.6) is 0 Å². The summed E-state index contributed by atoms with van der Waals surface area (Å²) < 4.78 is 36.6. The number of unbranched alkanes of at least 4 members (excludes halogenated alkanes) is 2. The van der Waals surface area contributed by atoms with Crippen LogP contribution in [0, 0.1) is 22.7 Å². The van der Waals surface area contributed by atoms with Crippen molar-refractivity contribution in [1.82, 2.24) is 5.32 Å². The summed E-state index contributed by atoms with van der Waals surface area (Å²) in [5.41, 5.74) is -5.64. The van der Waals surface area contributed by atoms with Crippen LogP contribution in [-0.4, -0.2) is 112 Å². The first kappa shape index (κ1) is 53.1. The predicted molar refractivity (Wildman–Crippen MR) is 268 cm³/mol. The smallest absolute Gasteiger partial charge is 0.455 e. The van der Waals surface area contributed by atoms with Crippen LogP contribution >= 0.6 is 21.6 Å². The van der Waals surface area contributed by atoms with Crippen molar-refractivity contribution in [2.75, 3.05) is 19.0 Å². The standard InChI is InChI=1S/C55H65NO14S2/c1-32-39(67-50(62)44(68-51(63)65-27-18-10-17-25-38-26-28-71-72-38)43(35-19-11-7-12-20-35)56-48(60)36-21-13-8-14-22-36)30-55(64)47(69-49(61)37-23-15-9-16-24-37)45-53(6,46(59)33(2)42(32)52(55,4)5)40(58)29-41-54(45,31-66-41)70-34(3)57/h7-9,11-16,19-24,33,38-41,43-45,47,58,64H,10,17-18,25-31H2,1-6H3,(H,56,60)/t33-,38?,39+,40+,41-,43+,44-,45+,47+,53-,54+,55-/m1/s1. The van der Waals surface area contributed by atoms with E-state index in [9.17, 15) is 29.4 Å². The Morgan fingerprint density at radius 2 is 1.54 bits per heavy atom. The van der Waals surface area contributed by atoms with Crippen LogP contribution in [0.3, 0.4) is 0 Å². The summed E-state index contributed by atoms with van der Waals surface area (Å²) in [6.45, 7) is 9.30. The number of Topliss-reactive ketones (excluding diaryl/α,β-unsaturated/α-hetero) is 1. The molecule has 8 rings (SSSR count). The van der Waals surface area contributed by atoms with E-state index in [0.29, 0.717) is 28.4 Å². The quantitative estimate of drug-likeness (QED) is 0.0405. The third kappa shape index (κ3) is 10.1. The maximum Gasteiger partial charge on any atom is 0.509 e. The lowest BCUT2D eigenvalue weighted by Gasteiger charge is -2.67. The molecule has 2 bridgehead atoms. The number of aliphatic hydroxyl groups is 2. The molecule has 0 spiro atoms. The predicted octanol–water partition coefficient (Wildman–Crippen LogP) is 8.32. The molecule has 3 aromatic carbocycles. The summed E-state index contributed by atoms with van der Waals surface area (Å²) >= 11 is 0. The van der Waals surface area contributed by atoms with Gasteiger partial charge in [0.05, 0.1) is 36.2 Å². The number of ether oxygens (including phenoxy) is 6. The van der Waals surface area contributed by atoms with E-state index in [1.54, 1.807) is 113 Å². The number of carbonyl (C=O) groups excluding carboxylic acids is 6. The largest absolute Gasteiger partial charge is 0.509 e. The van der Waals surface area contributed by atoms with Crippen molar-refractivity contribution < 1.29 is 67.4 Å². The second kappa shape index (κ2) is 21.7. The van der Waals surface area contributed by atoms with Crippen LogP contribution in [0.4, 0.5) is 4.79 Å². The van der Waals surface area contributed by atoms with Crippen molar-refractivity contribution in [2.24, 2.45) is 22.7 Å². The van der Waals surface area contributed by atoms with Gasteiger partial charge in [-0.15, -0.1) is 0 Å². The fourth-order valence-corrected chi connectivity index (χ4v) is 15.1. The zero-order valence-electron chi connectivity index (χ0n) is 41.5. The highest BCUT2D eigenvalue weighted by atomic mass is 33.1. The fourth-order valence-electron chi connectivity index (χ4n) is 12.0. The first-order chi connectivity index (χ1) is 34.3. The summed E-state index contributed by atoms with van der Waals surface area (Å²) in [4.78, 5) is 86.0. The Morgan fingerprint density at radius 3 is 2.15 bits per heavy atom. The molecule has 4 fully saturated rings. The van der Waals surface area contributed by atoms with Gasteiger partial charge in [-0.3, -0.25) is 14.4 Å². The van der Waals surface area contributed by atoms with Gasteiger partial charge in [0.15, 0.2) is 5.60 Å². The molecule has 17 heteroatoms. The number of esters is 3. The molecule has 2 saturated carbocycles. The molecule has 2 heterocycles. The van der Waals surface area contributed by atoms with Gasteiger partial charge in [-0.1, -0.05) is 122 Å². The summed E-state index contributed by atoms with van der Waals surface area (Å²) in [7, 11) is 3.79. The van der Waals surface area contributed by atoms with Crippen LogP contribution in [-0.2, 0) is 42.8 Å². The maximum absolute atomic E-state index is 15.5. The minimum atomic E-state index is -2.26. The lowest BCUT2D eigenvalue weighted by atomic mass is 9.43. The highest BCUT2D eigenvalue weighted by molar-refractivity contribution is 8.77. The molecule has 15 nitrogen and oxygen atoms in total. The Morgan fingerprint density at radius 1 is 0.889 bits per heavy atom. The summed E-state index contributed by atoms with van der Waals surface area (Å²) in [5, 5.41) is 29.5. The molecule has 0 radical (unpaired) electrons. The Kier molecular flexibility index (Phi) is 16.0. The molecule has 1 unspecified atom stereocenters. The van der Waals surface area contributed by atoms with E-state index in [1.807, 2.05) is 21.6 Å². The molecule has 1 amide bonds. The van der Waals surface area contributed by atoms with E-state index in [2.05, 4.69) is 5.32 Å². The Balaban J connectivity index is 1.19. The Bertz CT molecular complexity index is 2520. The van der Waals surface area contributed by atoms with Crippen LogP contribution < -0.4 is 5.32 Å². The zero-order chi connectivity index (χ0) is 51.6. The van der Waals surface area contributed by atoms with Gasteiger partial charge in [-0.25, -0.2) is 14.4 Å². The maximum atomic E-state index is 15.5. The minimum Gasteiger partial charge on any atom is -0.455 e. The van der Waals surface area contributed by atoms with Crippen molar-refractivity contribution in [1.29, 1.82) is 0 Å². The number of benzene rings is 3. The third-order valence-corrected chi connectivity index (χ3v) is 18.8. The lowest BCUT2D eigenvalue weighted by molar-refractivity contribution is -0.345. The number of hydrogen-bond acceptors (Lipinski definition) is 16. The SMILES string of the molecule is CC(=O)O[C@@]12CO[C@@H]1C[C@H](O)[C@@]1(C)C(=O)[C@H](C)C3=C(C)[C@@H](OC(=O)[C@H](OC(=O)OCCCCCC4CCSS4)[C@@H](NC(=O)c4ccccc4)c4ccccc4)C[C@@](O)([C@@H](OC(=O)c4ccccc4)[C@H]21)C3(C)C. The summed E-state index contributed by atoms with van der Waals surface area (Å²) in [6.07, 6.45) is -4.49. The average Bonchev–Trinajstić information content (AvgIpc) is 3.89. The van der Waals surface area contributed by atoms with Crippen LogP contribution in [0.25, 0.3) is 0 Å². The number of carbonyl (C=O) groups is 6. The van der Waals surface area contributed by atoms with Crippen LogP contribution in [0.15, 0.2) is 102 Å². The number of nitrogens with one attached hydrogen (secondary N) is 1. The molecule has 2 aliphatic heterocycles. The van der Waals surface area contributed by atoms with Gasteiger partial charge in [-0.2, -0.15) is 0 Å². The van der Waals surface area contributed by atoms with Gasteiger partial charge in [-0.05, 0) is 74.1 Å². The molecule has 5 aliphatic rings. The first-order valence-electron chi connectivity index (χ1n) is 24.8. The first-order valence-corrected chi connectivity index (χ1v) is 27.2. The number of ketones is 1. The minimum absolute atomic E-state index is 0.0139. The van der Waals surface area contributed by atoms with Gasteiger partial charge in [0.1, 0.15) is 35.7 Å². The Labute approximate surface area is 428 Å². The van der Waals surface area contributed by atoms with Crippen molar-refractivity contribution in [3.63, 3.8) is 0 Å². The normalized spacial score (nSPS) is 31.2. The van der Waals surface area contributed by atoms with E-state index in [-0.39, 0.29) is 30.8 Å². The molecule has 12 atom stereocenters. The molecule has 3 aliphatic carbocycles. The molecule has 386 valence electrons. The monoisotopic (exact) mass is 1030 g/mol. The van der Waals surface area contributed by atoms with E-state index in [0.717, 1.165) is 25.0 Å². The number of hydrogen-bond donors (Lipinski definition) is 3. The lowest BCUT2D eigenvalue weighted by Crippen LogP contribution is -2.81. The van der Waals surface area contributed by atoms with Crippen molar-refractivity contribution >= 4 is 57.3 Å². The van der Waals surface area contributed by atoms with E-state index in [4.69, 9.17) is 28.4 Å². The topological polar surface area (TPSA) is 210 Å². The fraction of sp³-hybridized carbons (Fsp3) is 0.527. The van der Waals surface area contributed by atoms with E-state index >= 15 is 9.59 Å². The average molecular weight is 1030 g/mol. The van der Waals surface area contributed by atoms with E-state index < -0.39 is 113 Å². The van der Waals surface area contributed by atoms with Gasteiger partial charge in [0.2, 0.25) is 6.10 Å². The van der Waals surface area contributed by atoms with Gasteiger partial charge in [0.25, 0.3) is 5.91 Å². The van der Waals surface area contributed by atoms with Crippen molar-refractivity contribution in [2.45, 2.75) is 140 Å².